The Morgan fingerprint density at radius 1 is 1.44 bits per heavy atom. The normalized spacial score (nSPS) is 18.3. The average molecular weight is 466 g/mol. The van der Waals surface area contributed by atoms with Crippen molar-refractivity contribution in [3.05, 3.63) is 55.3 Å². The van der Waals surface area contributed by atoms with E-state index in [-0.39, 0.29) is 5.41 Å². The first-order valence-electron chi connectivity index (χ1n) is 6.11. The molecule has 0 saturated carbocycles. The van der Waals surface area contributed by atoms with Gasteiger partial charge < -0.3 is 0 Å². The molecule has 0 radical (unpaired) electrons. The first kappa shape index (κ1) is 16.2. The molecular weight excluding hydrogens is 446 g/mol. The Bertz CT molecular complexity index is 446. The standard InChI is InChI=1S/C16H20I2/c1-5-7-14(17)10-12(2)16(3,4)13-8-6-9-15(18)11-13/h5,7-8,10-11H,1,6,9H2,2-4H3/b12-10+,14-7+. The van der Waals surface area contributed by atoms with Gasteiger partial charge in [-0.2, -0.15) is 0 Å². The number of rotatable bonds is 4. The second kappa shape index (κ2) is 7.08. The lowest BCUT2D eigenvalue weighted by atomic mass is 9.76. The molecule has 18 heavy (non-hydrogen) atoms. The minimum atomic E-state index is 0.0995. The molecule has 0 fully saturated rings. The molecule has 0 atom stereocenters. The molecule has 0 bridgehead atoms. The van der Waals surface area contributed by atoms with Gasteiger partial charge in [-0.3, -0.25) is 0 Å². The van der Waals surface area contributed by atoms with E-state index in [1.54, 1.807) is 0 Å². The van der Waals surface area contributed by atoms with Crippen molar-refractivity contribution in [3.63, 3.8) is 0 Å². The SMILES string of the molecule is C=C/C=C(I)\C=C(/C)C(C)(C)C1=CCCC(I)=C1. The minimum Gasteiger partial charge on any atom is -0.0990 e. The maximum absolute atomic E-state index is 3.74. The van der Waals surface area contributed by atoms with Gasteiger partial charge in [0.15, 0.2) is 0 Å². The molecule has 1 aliphatic rings. The fourth-order valence-corrected chi connectivity index (χ4v) is 3.24. The summed E-state index contributed by atoms with van der Waals surface area (Å²) in [6, 6.07) is 0. The van der Waals surface area contributed by atoms with E-state index in [1.165, 1.54) is 31.1 Å². The van der Waals surface area contributed by atoms with Crippen LogP contribution in [0.3, 0.4) is 0 Å². The summed E-state index contributed by atoms with van der Waals surface area (Å²) in [7, 11) is 0. The van der Waals surface area contributed by atoms with Crippen LogP contribution in [-0.2, 0) is 0 Å². The zero-order valence-corrected chi connectivity index (χ0v) is 15.6. The maximum Gasteiger partial charge on any atom is 0.0129 e. The maximum atomic E-state index is 3.74. The van der Waals surface area contributed by atoms with Crippen LogP contribution in [0, 0.1) is 5.41 Å². The largest absolute Gasteiger partial charge is 0.0990 e. The molecule has 0 aromatic rings. The quantitative estimate of drug-likeness (QED) is 0.328. The Morgan fingerprint density at radius 3 is 2.67 bits per heavy atom. The van der Waals surface area contributed by atoms with Crippen LogP contribution in [-0.4, -0.2) is 0 Å². The molecule has 1 aliphatic carbocycles. The van der Waals surface area contributed by atoms with E-state index < -0.39 is 0 Å². The minimum absolute atomic E-state index is 0.0995. The van der Waals surface area contributed by atoms with E-state index in [4.69, 9.17) is 0 Å². The molecule has 0 amide bonds. The van der Waals surface area contributed by atoms with Crippen LogP contribution in [0.5, 0.6) is 0 Å². The Balaban J connectivity index is 3.03. The monoisotopic (exact) mass is 466 g/mol. The number of halogens is 2. The summed E-state index contributed by atoms with van der Waals surface area (Å²) < 4.78 is 2.69. The molecule has 0 unspecified atom stereocenters. The van der Waals surface area contributed by atoms with Crippen LogP contribution < -0.4 is 0 Å². The van der Waals surface area contributed by atoms with Crippen molar-refractivity contribution in [3.8, 4) is 0 Å². The first-order chi connectivity index (χ1) is 8.37. The van der Waals surface area contributed by atoms with Gasteiger partial charge in [0.25, 0.3) is 0 Å². The fraction of sp³-hybridized carbons (Fsp3) is 0.375. The highest BCUT2D eigenvalue weighted by atomic mass is 127. The van der Waals surface area contributed by atoms with E-state index in [9.17, 15) is 0 Å². The zero-order chi connectivity index (χ0) is 13.8. The highest BCUT2D eigenvalue weighted by Gasteiger charge is 2.25. The molecule has 0 saturated heterocycles. The van der Waals surface area contributed by atoms with Gasteiger partial charge in [-0.15, -0.1) is 0 Å². The molecule has 98 valence electrons. The van der Waals surface area contributed by atoms with Gasteiger partial charge in [0.2, 0.25) is 0 Å². The lowest BCUT2D eigenvalue weighted by Gasteiger charge is -2.30. The number of allylic oxidation sites excluding steroid dienone is 9. The topological polar surface area (TPSA) is 0 Å². The van der Waals surface area contributed by atoms with Crippen LogP contribution >= 0.6 is 45.2 Å². The number of hydrogen-bond donors (Lipinski definition) is 0. The van der Waals surface area contributed by atoms with Crippen molar-refractivity contribution < 1.29 is 0 Å². The van der Waals surface area contributed by atoms with Crippen LogP contribution in [0.1, 0.15) is 33.6 Å². The summed E-state index contributed by atoms with van der Waals surface area (Å²) in [5, 5.41) is 0. The smallest absolute Gasteiger partial charge is 0.0129 e. The fourth-order valence-electron chi connectivity index (χ4n) is 1.88. The second-order valence-electron chi connectivity index (χ2n) is 5.03. The lowest BCUT2D eigenvalue weighted by Crippen LogP contribution is -2.16. The molecule has 2 heteroatoms. The Kier molecular flexibility index (Phi) is 6.38. The average Bonchev–Trinajstić information content (AvgIpc) is 2.29. The van der Waals surface area contributed by atoms with Crippen LogP contribution in [0.2, 0.25) is 0 Å². The molecule has 0 N–H and O–H groups in total. The van der Waals surface area contributed by atoms with E-state index >= 15 is 0 Å². The van der Waals surface area contributed by atoms with Crippen molar-refractivity contribution in [2.24, 2.45) is 5.41 Å². The summed E-state index contributed by atoms with van der Waals surface area (Å²) in [5.41, 5.74) is 2.93. The summed E-state index contributed by atoms with van der Waals surface area (Å²) in [6.07, 6.45) is 13.2. The Hall–Kier alpha value is 0.160. The van der Waals surface area contributed by atoms with Gasteiger partial charge in [-0.05, 0) is 92.3 Å². The van der Waals surface area contributed by atoms with Crippen molar-refractivity contribution in [2.75, 3.05) is 0 Å². The van der Waals surface area contributed by atoms with Crippen molar-refractivity contribution >= 4 is 45.2 Å². The molecule has 1 rings (SSSR count). The Labute approximate surface area is 138 Å². The first-order valence-corrected chi connectivity index (χ1v) is 8.27. The van der Waals surface area contributed by atoms with Gasteiger partial charge >= 0.3 is 0 Å². The molecule has 0 heterocycles. The van der Waals surface area contributed by atoms with Gasteiger partial charge in [-0.25, -0.2) is 0 Å². The molecule has 0 aliphatic heterocycles. The van der Waals surface area contributed by atoms with Crippen LogP contribution in [0.4, 0.5) is 0 Å². The summed E-state index contributed by atoms with van der Waals surface area (Å²) in [5.74, 6) is 0. The van der Waals surface area contributed by atoms with Gasteiger partial charge in [-0.1, -0.05) is 38.2 Å². The molecule has 0 spiro atoms. The summed E-state index contributed by atoms with van der Waals surface area (Å²) >= 11 is 4.80. The van der Waals surface area contributed by atoms with E-state index in [1.807, 2.05) is 12.2 Å². The van der Waals surface area contributed by atoms with E-state index in [0.717, 1.165) is 0 Å². The molecule has 0 nitrogen and oxygen atoms in total. The predicted octanol–water partition coefficient (Wildman–Crippen LogP) is 6.50. The zero-order valence-electron chi connectivity index (χ0n) is 11.3. The molecular formula is C16H20I2. The van der Waals surface area contributed by atoms with Crippen LogP contribution in [0.25, 0.3) is 0 Å². The third kappa shape index (κ3) is 4.37. The third-order valence-electron chi connectivity index (χ3n) is 3.40. The number of hydrogen-bond acceptors (Lipinski definition) is 0. The summed E-state index contributed by atoms with van der Waals surface area (Å²) in [4.78, 5) is 0. The van der Waals surface area contributed by atoms with Crippen molar-refractivity contribution in [2.45, 2.75) is 33.6 Å². The third-order valence-corrected chi connectivity index (χ3v) is 4.92. The molecule has 0 aromatic carbocycles. The van der Waals surface area contributed by atoms with Crippen LogP contribution in [0.15, 0.2) is 55.3 Å². The van der Waals surface area contributed by atoms with Gasteiger partial charge in [0, 0.05) is 8.99 Å². The Morgan fingerprint density at radius 2 is 2.11 bits per heavy atom. The van der Waals surface area contributed by atoms with Crippen molar-refractivity contribution in [1.82, 2.24) is 0 Å². The predicted molar refractivity (Wildman–Crippen MR) is 99.3 cm³/mol. The molecule has 0 aromatic heterocycles. The van der Waals surface area contributed by atoms with Crippen molar-refractivity contribution in [1.29, 1.82) is 0 Å². The van der Waals surface area contributed by atoms with Gasteiger partial charge in [0.05, 0.1) is 0 Å². The van der Waals surface area contributed by atoms with Gasteiger partial charge in [0.1, 0.15) is 0 Å². The highest BCUT2D eigenvalue weighted by Crippen LogP contribution is 2.40. The second-order valence-corrected chi connectivity index (χ2v) is 7.66. The lowest BCUT2D eigenvalue weighted by molar-refractivity contribution is 0.546. The summed E-state index contributed by atoms with van der Waals surface area (Å²) in [6.45, 7) is 10.6. The highest BCUT2D eigenvalue weighted by molar-refractivity contribution is 14.1. The van der Waals surface area contributed by atoms with E-state index in [0.29, 0.717) is 0 Å². The van der Waals surface area contributed by atoms with E-state index in [2.05, 4.69) is 90.8 Å².